The SMILES string of the molecule is CCCCCCCCOC(=O)C(C)N(C)C(=O)OCC(CC)CCCC. The van der Waals surface area contributed by atoms with Gasteiger partial charge < -0.3 is 9.47 Å². The minimum absolute atomic E-state index is 0.365. The molecule has 1 amide bonds. The fraction of sp³-hybridized carbons (Fsp3) is 0.905. The monoisotopic (exact) mass is 371 g/mol. The Bertz CT molecular complexity index is 373. The smallest absolute Gasteiger partial charge is 0.410 e. The highest BCUT2D eigenvalue weighted by Crippen LogP contribution is 2.14. The van der Waals surface area contributed by atoms with Gasteiger partial charge in [0.25, 0.3) is 0 Å². The molecule has 0 aromatic heterocycles. The van der Waals surface area contributed by atoms with E-state index < -0.39 is 12.1 Å². The fourth-order valence-electron chi connectivity index (χ4n) is 2.68. The summed E-state index contributed by atoms with van der Waals surface area (Å²) in [5.74, 6) is 0.0262. The lowest BCUT2D eigenvalue weighted by Crippen LogP contribution is -2.42. The second-order valence-corrected chi connectivity index (χ2v) is 7.22. The maximum absolute atomic E-state index is 12.2. The normalized spacial score (nSPS) is 13.1. The van der Waals surface area contributed by atoms with Gasteiger partial charge in [-0.25, -0.2) is 9.59 Å². The first-order valence-electron chi connectivity index (χ1n) is 10.5. The minimum atomic E-state index is -0.627. The van der Waals surface area contributed by atoms with Gasteiger partial charge in [0.2, 0.25) is 0 Å². The number of hydrogen-bond donors (Lipinski definition) is 0. The van der Waals surface area contributed by atoms with Crippen LogP contribution in [0.1, 0.15) is 91.9 Å². The molecule has 0 saturated carbocycles. The first-order valence-corrected chi connectivity index (χ1v) is 10.5. The van der Waals surface area contributed by atoms with Crippen molar-refractivity contribution in [3.63, 3.8) is 0 Å². The first kappa shape index (κ1) is 24.7. The molecular formula is C21H41NO4. The third-order valence-corrected chi connectivity index (χ3v) is 4.94. The van der Waals surface area contributed by atoms with Gasteiger partial charge in [-0.3, -0.25) is 4.90 Å². The summed E-state index contributed by atoms with van der Waals surface area (Å²) in [4.78, 5) is 25.6. The molecule has 5 nitrogen and oxygen atoms in total. The molecule has 0 fully saturated rings. The topological polar surface area (TPSA) is 55.8 Å². The Hall–Kier alpha value is -1.26. The molecule has 2 unspecified atom stereocenters. The van der Waals surface area contributed by atoms with E-state index in [1.807, 2.05) is 0 Å². The van der Waals surface area contributed by atoms with Crippen molar-refractivity contribution in [1.82, 2.24) is 4.90 Å². The molecule has 0 aliphatic carbocycles. The van der Waals surface area contributed by atoms with Crippen LogP contribution in [0.4, 0.5) is 4.79 Å². The molecule has 26 heavy (non-hydrogen) atoms. The van der Waals surface area contributed by atoms with E-state index in [4.69, 9.17) is 9.47 Å². The third kappa shape index (κ3) is 11.4. The lowest BCUT2D eigenvalue weighted by molar-refractivity contribution is -0.148. The maximum Gasteiger partial charge on any atom is 0.410 e. The van der Waals surface area contributed by atoms with Crippen molar-refractivity contribution in [3.05, 3.63) is 0 Å². The van der Waals surface area contributed by atoms with E-state index in [0.29, 0.717) is 19.1 Å². The molecule has 0 aliphatic rings. The summed E-state index contributed by atoms with van der Waals surface area (Å²) in [5.41, 5.74) is 0. The predicted octanol–water partition coefficient (Wildman–Crippen LogP) is 5.56. The van der Waals surface area contributed by atoms with Crippen molar-refractivity contribution in [2.75, 3.05) is 20.3 Å². The van der Waals surface area contributed by atoms with Crippen molar-refractivity contribution >= 4 is 12.1 Å². The molecule has 0 spiro atoms. The van der Waals surface area contributed by atoms with Crippen LogP contribution in [0.25, 0.3) is 0 Å². The van der Waals surface area contributed by atoms with Gasteiger partial charge in [-0.1, -0.05) is 72.1 Å². The van der Waals surface area contributed by atoms with Crippen molar-refractivity contribution in [3.8, 4) is 0 Å². The molecule has 0 radical (unpaired) electrons. The second kappa shape index (κ2) is 16.0. The van der Waals surface area contributed by atoms with Gasteiger partial charge in [0, 0.05) is 7.05 Å². The van der Waals surface area contributed by atoms with Crippen molar-refractivity contribution in [1.29, 1.82) is 0 Å². The van der Waals surface area contributed by atoms with Gasteiger partial charge in [0.1, 0.15) is 6.04 Å². The molecule has 0 bridgehead atoms. The lowest BCUT2D eigenvalue weighted by atomic mass is 10.0. The zero-order chi connectivity index (χ0) is 19.8. The Balaban J connectivity index is 4.04. The van der Waals surface area contributed by atoms with Crippen LogP contribution in [-0.2, 0) is 14.3 Å². The molecule has 0 rings (SSSR count). The fourth-order valence-corrected chi connectivity index (χ4v) is 2.68. The van der Waals surface area contributed by atoms with Crippen molar-refractivity contribution in [2.45, 2.75) is 97.9 Å². The minimum Gasteiger partial charge on any atom is -0.464 e. The molecular weight excluding hydrogens is 330 g/mol. The van der Waals surface area contributed by atoms with E-state index in [0.717, 1.165) is 38.5 Å². The number of unbranched alkanes of at least 4 members (excludes halogenated alkanes) is 6. The highest BCUT2D eigenvalue weighted by molar-refractivity contribution is 5.80. The third-order valence-electron chi connectivity index (χ3n) is 4.94. The number of amides is 1. The van der Waals surface area contributed by atoms with E-state index in [1.54, 1.807) is 14.0 Å². The van der Waals surface area contributed by atoms with Crippen molar-refractivity contribution in [2.24, 2.45) is 5.92 Å². The van der Waals surface area contributed by atoms with Crippen LogP contribution in [0, 0.1) is 5.92 Å². The maximum atomic E-state index is 12.2. The molecule has 5 heteroatoms. The predicted molar refractivity (Wildman–Crippen MR) is 106 cm³/mol. The number of esters is 1. The molecule has 0 aromatic rings. The summed E-state index contributed by atoms with van der Waals surface area (Å²) >= 11 is 0. The van der Waals surface area contributed by atoms with E-state index >= 15 is 0 Å². The van der Waals surface area contributed by atoms with Crippen LogP contribution in [0.15, 0.2) is 0 Å². The summed E-state index contributed by atoms with van der Waals surface area (Å²) in [5, 5.41) is 0. The van der Waals surface area contributed by atoms with Crippen LogP contribution in [0.3, 0.4) is 0 Å². The van der Waals surface area contributed by atoms with Gasteiger partial charge in [-0.2, -0.15) is 0 Å². The van der Waals surface area contributed by atoms with Gasteiger partial charge in [-0.05, 0) is 25.7 Å². The van der Waals surface area contributed by atoms with Crippen LogP contribution in [0.2, 0.25) is 0 Å². The van der Waals surface area contributed by atoms with Gasteiger partial charge >= 0.3 is 12.1 Å². The van der Waals surface area contributed by atoms with E-state index in [-0.39, 0.29) is 5.97 Å². The van der Waals surface area contributed by atoms with E-state index in [1.165, 1.54) is 30.6 Å². The Labute approximate surface area is 160 Å². The van der Waals surface area contributed by atoms with Crippen LogP contribution in [-0.4, -0.2) is 43.3 Å². The number of carbonyl (C=O) groups excluding carboxylic acids is 2. The molecule has 0 aliphatic heterocycles. The van der Waals surface area contributed by atoms with Gasteiger partial charge in [-0.15, -0.1) is 0 Å². The molecule has 0 heterocycles. The summed E-state index contributed by atoms with van der Waals surface area (Å²) < 4.78 is 10.7. The molecule has 2 atom stereocenters. The molecule has 0 aromatic carbocycles. The van der Waals surface area contributed by atoms with Gasteiger partial charge in [0.05, 0.1) is 13.2 Å². The standard InChI is InChI=1S/C21H41NO4/c1-6-9-11-12-13-14-16-25-20(23)18(4)22(5)21(24)26-17-19(8-3)15-10-7-2/h18-19H,6-17H2,1-5H3. The number of likely N-dealkylation sites (N-methyl/N-ethyl adjacent to an activating group) is 1. The zero-order valence-corrected chi connectivity index (χ0v) is 17.7. The molecule has 0 N–H and O–H groups in total. The van der Waals surface area contributed by atoms with E-state index in [2.05, 4.69) is 20.8 Å². The Morgan fingerprint density at radius 1 is 0.885 bits per heavy atom. The first-order chi connectivity index (χ1) is 12.5. The largest absolute Gasteiger partial charge is 0.464 e. The summed E-state index contributed by atoms with van der Waals surface area (Å²) in [6, 6.07) is -0.627. The second-order valence-electron chi connectivity index (χ2n) is 7.22. The molecule has 0 saturated heterocycles. The van der Waals surface area contributed by atoms with Gasteiger partial charge in [0.15, 0.2) is 0 Å². The average Bonchev–Trinajstić information content (AvgIpc) is 2.65. The molecule has 154 valence electrons. The van der Waals surface area contributed by atoms with Crippen LogP contribution >= 0.6 is 0 Å². The van der Waals surface area contributed by atoms with Crippen LogP contribution in [0.5, 0.6) is 0 Å². The van der Waals surface area contributed by atoms with Crippen molar-refractivity contribution < 1.29 is 19.1 Å². The Kier molecular flexibility index (Phi) is 15.2. The number of hydrogen-bond acceptors (Lipinski definition) is 4. The highest BCUT2D eigenvalue weighted by atomic mass is 16.6. The highest BCUT2D eigenvalue weighted by Gasteiger charge is 2.25. The summed E-state index contributed by atoms with van der Waals surface area (Å²) in [6.45, 7) is 8.98. The average molecular weight is 372 g/mol. The summed E-state index contributed by atoms with van der Waals surface area (Å²) in [6.07, 6.45) is 10.8. The number of nitrogens with zero attached hydrogens (tertiary/aromatic N) is 1. The van der Waals surface area contributed by atoms with Crippen LogP contribution < -0.4 is 0 Å². The summed E-state index contributed by atoms with van der Waals surface area (Å²) in [7, 11) is 1.59. The number of carbonyl (C=O) groups is 2. The number of rotatable bonds is 15. The quantitative estimate of drug-likeness (QED) is 0.279. The Morgan fingerprint density at radius 2 is 1.50 bits per heavy atom. The number of ether oxygens (including phenoxy) is 2. The Morgan fingerprint density at radius 3 is 2.12 bits per heavy atom. The lowest BCUT2D eigenvalue weighted by Gasteiger charge is -2.24. The zero-order valence-electron chi connectivity index (χ0n) is 17.7. The van der Waals surface area contributed by atoms with E-state index in [9.17, 15) is 9.59 Å².